The van der Waals surface area contributed by atoms with Crippen molar-refractivity contribution in [2.75, 3.05) is 20.2 Å². The summed E-state index contributed by atoms with van der Waals surface area (Å²) in [6, 6.07) is 3.99. The Hall–Kier alpha value is -1.42. The summed E-state index contributed by atoms with van der Waals surface area (Å²) in [5.74, 6) is 0.878. The van der Waals surface area contributed by atoms with Crippen molar-refractivity contribution in [3.05, 3.63) is 30.1 Å². The Kier molecular flexibility index (Phi) is 5.99. The lowest BCUT2D eigenvalue weighted by Gasteiger charge is -2.24. The molecule has 0 aromatic carbocycles. The largest absolute Gasteiger partial charge is 0.469 e. The van der Waals surface area contributed by atoms with E-state index in [0.717, 1.165) is 31.0 Å². The minimum absolute atomic E-state index is 0.135. The van der Waals surface area contributed by atoms with Crippen LogP contribution < -0.4 is 5.32 Å². The van der Waals surface area contributed by atoms with Crippen molar-refractivity contribution in [2.45, 2.75) is 38.0 Å². The van der Waals surface area contributed by atoms with E-state index in [1.165, 1.54) is 26.4 Å². The smallest absolute Gasteiger partial charge is 0.306 e. The molecule has 2 heterocycles. The van der Waals surface area contributed by atoms with E-state index in [4.69, 9.17) is 4.74 Å². The average Bonchev–Trinajstić information content (AvgIpc) is 2.53. The Morgan fingerprint density at radius 3 is 2.95 bits per heavy atom. The number of methoxy groups -OCH3 is 1. The SMILES string of the molecule is COC(=O)CC(CCC1CCNCC1)c1cccnc1. The predicted octanol–water partition coefficient (Wildman–Crippen LogP) is 2.51. The van der Waals surface area contributed by atoms with Gasteiger partial charge in [0.15, 0.2) is 0 Å². The summed E-state index contributed by atoms with van der Waals surface area (Å²) < 4.78 is 4.82. The first-order valence-corrected chi connectivity index (χ1v) is 7.47. The molecule has 20 heavy (non-hydrogen) atoms. The topological polar surface area (TPSA) is 51.2 Å². The molecular formula is C16H24N2O2. The summed E-state index contributed by atoms with van der Waals surface area (Å²) in [6.07, 6.45) is 8.80. The molecule has 2 rings (SSSR count). The molecule has 110 valence electrons. The van der Waals surface area contributed by atoms with Crippen LogP contribution in [-0.2, 0) is 9.53 Å². The molecule has 0 spiro atoms. The lowest BCUT2D eigenvalue weighted by molar-refractivity contribution is -0.141. The highest BCUT2D eigenvalue weighted by Gasteiger charge is 2.20. The number of nitrogens with one attached hydrogen (secondary N) is 1. The second kappa shape index (κ2) is 8.00. The van der Waals surface area contributed by atoms with Crippen LogP contribution in [0.4, 0.5) is 0 Å². The molecule has 1 aromatic heterocycles. The zero-order chi connectivity index (χ0) is 14.2. The van der Waals surface area contributed by atoms with Crippen LogP contribution >= 0.6 is 0 Å². The van der Waals surface area contributed by atoms with Crippen LogP contribution in [0.15, 0.2) is 24.5 Å². The number of rotatable bonds is 6. The monoisotopic (exact) mass is 276 g/mol. The highest BCUT2D eigenvalue weighted by Crippen LogP contribution is 2.29. The third-order valence-electron chi connectivity index (χ3n) is 4.18. The second-order valence-corrected chi connectivity index (χ2v) is 5.53. The average molecular weight is 276 g/mol. The third-order valence-corrected chi connectivity index (χ3v) is 4.18. The zero-order valence-corrected chi connectivity index (χ0v) is 12.2. The summed E-state index contributed by atoms with van der Waals surface area (Å²) in [4.78, 5) is 15.8. The summed E-state index contributed by atoms with van der Waals surface area (Å²) in [5, 5.41) is 3.39. The van der Waals surface area contributed by atoms with Gasteiger partial charge in [-0.05, 0) is 62.2 Å². The first-order chi connectivity index (χ1) is 9.79. The van der Waals surface area contributed by atoms with E-state index in [-0.39, 0.29) is 11.9 Å². The maximum Gasteiger partial charge on any atom is 0.306 e. The lowest BCUT2D eigenvalue weighted by atomic mass is 9.85. The molecule has 4 heteroatoms. The Balaban J connectivity index is 1.93. The Morgan fingerprint density at radius 1 is 1.50 bits per heavy atom. The number of carbonyl (C=O) groups excluding carboxylic acids is 1. The molecule has 0 saturated carbocycles. The predicted molar refractivity (Wildman–Crippen MR) is 78.4 cm³/mol. The van der Waals surface area contributed by atoms with Crippen LogP contribution in [0, 0.1) is 5.92 Å². The van der Waals surface area contributed by atoms with Gasteiger partial charge in [-0.25, -0.2) is 0 Å². The lowest BCUT2D eigenvalue weighted by Crippen LogP contribution is -2.28. The van der Waals surface area contributed by atoms with Crippen molar-refractivity contribution in [1.29, 1.82) is 0 Å². The summed E-state index contributed by atoms with van der Waals surface area (Å²) in [6.45, 7) is 2.25. The van der Waals surface area contributed by atoms with Crippen molar-refractivity contribution in [3.8, 4) is 0 Å². The van der Waals surface area contributed by atoms with Crippen molar-refractivity contribution in [2.24, 2.45) is 5.92 Å². The van der Waals surface area contributed by atoms with E-state index in [1.54, 1.807) is 6.20 Å². The molecule has 1 atom stereocenters. The highest BCUT2D eigenvalue weighted by atomic mass is 16.5. The van der Waals surface area contributed by atoms with Crippen LogP contribution in [-0.4, -0.2) is 31.2 Å². The van der Waals surface area contributed by atoms with E-state index in [0.29, 0.717) is 6.42 Å². The minimum atomic E-state index is -0.135. The number of ether oxygens (including phenoxy) is 1. The van der Waals surface area contributed by atoms with Crippen molar-refractivity contribution < 1.29 is 9.53 Å². The fourth-order valence-electron chi connectivity index (χ4n) is 2.90. The maximum absolute atomic E-state index is 11.6. The van der Waals surface area contributed by atoms with Gasteiger partial charge >= 0.3 is 5.97 Å². The molecular weight excluding hydrogens is 252 g/mol. The van der Waals surface area contributed by atoms with Gasteiger partial charge in [0.05, 0.1) is 13.5 Å². The van der Waals surface area contributed by atoms with E-state index in [9.17, 15) is 4.79 Å². The molecule has 1 N–H and O–H groups in total. The van der Waals surface area contributed by atoms with E-state index in [2.05, 4.69) is 16.4 Å². The number of carbonyl (C=O) groups is 1. The number of esters is 1. The van der Waals surface area contributed by atoms with Gasteiger partial charge in [-0.2, -0.15) is 0 Å². The first kappa shape index (κ1) is 15.0. The van der Waals surface area contributed by atoms with Crippen molar-refractivity contribution in [3.63, 3.8) is 0 Å². The van der Waals surface area contributed by atoms with Gasteiger partial charge in [0.25, 0.3) is 0 Å². The molecule has 1 fully saturated rings. The van der Waals surface area contributed by atoms with Gasteiger partial charge in [0, 0.05) is 12.4 Å². The minimum Gasteiger partial charge on any atom is -0.469 e. The Bertz CT molecular complexity index is 402. The number of aromatic nitrogens is 1. The van der Waals surface area contributed by atoms with Gasteiger partial charge in [0.1, 0.15) is 0 Å². The molecule has 0 aliphatic carbocycles. The van der Waals surface area contributed by atoms with Gasteiger partial charge in [0.2, 0.25) is 0 Å². The van der Waals surface area contributed by atoms with Gasteiger partial charge in [-0.3, -0.25) is 9.78 Å². The van der Waals surface area contributed by atoms with E-state index in [1.807, 2.05) is 12.3 Å². The molecule has 1 aromatic rings. The number of hydrogen-bond donors (Lipinski definition) is 1. The normalized spacial score (nSPS) is 17.6. The second-order valence-electron chi connectivity index (χ2n) is 5.53. The molecule has 0 radical (unpaired) electrons. The van der Waals surface area contributed by atoms with Crippen LogP contribution in [0.25, 0.3) is 0 Å². The molecule has 0 bridgehead atoms. The van der Waals surface area contributed by atoms with Crippen LogP contribution in [0.5, 0.6) is 0 Å². The number of nitrogens with zero attached hydrogens (tertiary/aromatic N) is 1. The molecule has 4 nitrogen and oxygen atoms in total. The van der Waals surface area contributed by atoms with Gasteiger partial charge in [-0.15, -0.1) is 0 Å². The van der Waals surface area contributed by atoms with Crippen molar-refractivity contribution in [1.82, 2.24) is 10.3 Å². The van der Waals surface area contributed by atoms with Crippen molar-refractivity contribution >= 4 is 5.97 Å². The van der Waals surface area contributed by atoms with Crippen LogP contribution in [0.2, 0.25) is 0 Å². The Morgan fingerprint density at radius 2 is 2.30 bits per heavy atom. The molecule has 1 aliphatic heterocycles. The first-order valence-electron chi connectivity index (χ1n) is 7.47. The fraction of sp³-hybridized carbons (Fsp3) is 0.625. The number of pyridine rings is 1. The van der Waals surface area contributed by atoms with E-state index < -0.39 is 0 Å². The molecule has 1 unspecified atom stereocenters. The van der Waals surface area contributed by atoms with Gasteiger partial charge < -0.3 is 10.1 Å². The van der Waals surface area contributed by atoms with Gasteiger partial charge in [-0.1, -0.05) is 6.07 Å². The highest BCUT2D eigenvalue weighted by molar-refractivity contribution is 5.70. The summed E-state index contributed by atoms with van der Waals surface area (Å²) in [7, 11) is 1.45. The number of hydrogen-bond acceptors (Lipinski definition) is 4. The zero-order valence-electron chi connectivity index (χ0n) is 12.2. The molecule has 0 amide bonds. The molecule has 1 aliphatic rings. The molecule has 1 saturated heterocycles. The third kappa shape index (κ3) is 4.60. The summed E-state index contributed by atoms with van der Waals surface area (Å²) in [5.41, 5.74) is 1.15. The van der Waals surface area contributed by atoms with E-state index >= 15 is 0 Å². The quantitative estimate of drug-likeness (QED) is 0.811. The fourth-order valence-corrected chi connectivity index (χ4v) is 2.90. The summed E-state index contributed by atoms with van der Waals surface area (Å²) >= 11 is 0. The standard InChI is InChI=1S/C16H24N2O2/c1-20-16(19)11-14(15-3-2-8-18-12-15)5-4-13-6-9-17-10-7-13/h2-3,8,12-14,17H,4-7,9-11H2,1H3. The Labute approximate surface area is 120 Å². The maximum atomic E-state index is 11.6. The van der Waals surface area contributed by atoms with Crippen LogP contribution in [0.1, 0.15) is 43.6 Å². The number of piperidine rings is 1. The van der Waals surface area contributed by atoms with Crippen LogP contribution in [0.3, 0.4) is 0 Å².